The summed E-state index contributed by atoms with van der Waals surface area (Å²) in [5.41, 5.74) is 0.812. The van der Waals surface area contributed by atoms with E-state index in [1.807, 2.05) is 12.1 Å². The second-order valence-corrected chi connectivity index (χ2v) is 5.35. The third-order valence-corrected chi connectivity index (χ3v) is 4.07. The number of aliphatic carboxylic acids is 1. The minimum absolute atomic E-state index is 0.0394. The van der Waals surface area contributed by atoms with E-state index < -0.39 is 17.1 Å². The number of carbonyl (C=O) groups is 1. The fraction of sp³-hybridized carbons (Fsp3) is 0.417. The number of hydrogen-bond acceptors (Lipinski definition) is 7. The van der Waals surface area contributed by atoms with Crippen LogP contribution in [-0.2, 0) is 9.63 Å². The molecule has 9 heteroatoms. The maximum atomic E-state index is 11.0. The largest absolute Gasteiger partial charge is 0.491 e. The first-order chi connectivity index (χ1) is 10.1. The van der Waals surface area contributed by atoms with Gasteiger partial charge in [-0.1, -0.05) is 18.2 Å². The van der Waals surface area contributed by atoms with Crippen LogP contribution < -0.4 is 10.1 Å². The molecule has 2 unspecified atom stereocenters. The summed E-state index contributed by atoms with van der Waals surface area (Å²) in [5.74, 6) is 0.141. The molecule has 2 rings (SSSR count). The Morgan fingerprint density at radius 3 is 2.90 bits per heavy atom. The van der Waals surface area contributed by atoms with Gasteiger partial charge in [0.05, 0.1) is 5.37 Å². The summed E-state index contributed by atoms with van der Waals surface area (Å²) in [6, 6.07) is 6.58. The van der Waals surface area contributed by atoms with Gasteiger partial charge in [-0.05, 0) is 6.07 Å². The number of benzene rings is 1. The predicted octanol–water partition coefficient (Wildman–Crippen LogP) is 1.06. The Morgan fingerprint density at radius 1 is 1.48 bits per heavy atom. The first-order valence-corrected chi connectivity index (χ1v) is 7.22. The van der Waals surface area contributed by atoms with Gasteiger partial charge in [-0.15, -0.1) is 21.9 Å². The normalized spacial score (nSPS) is 21.0. The lowest BCUT2D eigenvalue weighted by Gasteiger charge is -2.16. The molecule has 1 aromatic rings. The van der Waals surface area contributed by atoms with E-state index in [0.717, 1.165) is 5.56 Å². The number of ether oxygens (including phenoxy) is 1. The molecule has 2 N–H and O–H groups in total. The summed E-state index contributed by atoms with van der Waals surface area (Å²) in [7, 11) is 0. The van der Waals surface area contributed by atoms with Gasteiger partial charge < -0.3 is 14.7 Å². The third-order valence-electron chi connectivity index (χ3n) is 2.82. The lowest BCUT2D eigenvalue weighted by molar-refractivity contribution is -0.757. The average molecular weight is 314 g/mol. The van der Waals surface area contributed by atoms with Gasteiger partial charge in [-0.3, -0.25) is 10.1 Å². The van der Waals surface area contributed by atoms with Gasteiger partial charge in [0.25, 0.3) is 5.09 Å². The highest BCUT2D eigenvalue weighted by molar-refractivity contribution is 7.99. The molecule has 1 aliphatic rings. The fourth-order valence-electron chi connectivity index (χ4n) is 1.89. The number of nitrogens with zero attached hydrogens (tertiary/aromatic N) is 1. The molecular formula is C12H14N2O6S. The molecule has 114 valence electrons. The molecule has 0 saturated carbocycles. The monoisotopic (exact) mass is 314 g/mol. The van der Waals surface area contributed by atoms with E-state index in [9.17, 15) is 14.9 Å². The molecule has 1 fully saturated rings. The number of nitrogens with one attached hydrogen (secondary N) is 1. The third kappa shape index (κ3) is 4.23. The standard InChI is InChI=1S/C12H14N2O6S/c15-12(16)9-7-21-11(13-9)8-3-1-2-4-10(8)19-5-6-20-14(17)18/h1-4,9,11,13H,5-7H2,(H,15,16). The molecule has 0 bridgehead atoms. The number of hydrogen-bond donors (Lipinski definition) is 2. The molecule has 1 heterocycles. The molecule has 21 heavy (non-hydrogen) atoms. The molecule has 0 aliphatic carbocycles. The van der Waals surface area contributed by atoms with Crippen molar-refractivity contribution in [2.45, 2.75) is 11.4 Å². The summed E-state index contributed by atoms with van der Waals surface area (Å²) in [6.07, 6.45) is 0. The van der Waals surface area contributed by atoms with Crippen LogP contribution in [0.3, 0.4) is 0 Å². The molecule has 8 nitrogen and oxygen atoms in total. The maximum Gasteiger partial charge on any atom is 0.321 e. The fourth-order valence-corrected chi connectivity index (χ4v) is 3.14. The van der Waals surface area contributed by atoms with E-state index in [4.69, 9.17) is 9.84 Å². The number of thioether (sulfide) groups is 1. The minimum atomic E-state index is -0.886. The van der Waals surface area contributed by atoms with Crippen molar-refractivity contribution in [1.29, 1.82) is 0 Å². The molecule has 0 radical (unpaired) electrons. The Bertz CT molecular complexity index is 526. The van der Waals surface area contributed by atoms with Crippen molar-refractivity contribution in [3.05, 3.63) is 39.9 Å². The minimum Gasteiger partial charge on any atom is -0.491 e. The van der Waals surface area contributed by atoms with Gasteiger partial charge in [0.1, 0.15) is 25.0 Å². The Hall–Kier alpha value is -2.00. The first kappa shape index (κ1) is 15.4. The van der Waals surface area contributed by atoms with Gasteiger partial charge >= 0.3 is 5.97 Å². The zero-order valence-corrected chi connectivity index (χ0v) is 11.7. The van der Waals surface area contributed by atoms with E-state index >= 15 is 0 Å². The van der Waals surface area contributed by atoms with Crippen LogP contribution in [0.2, 0.25) is 0 Å². The highest BCUT2D eigenvalue weighted by Crippen LogP contribution is 2.37. The molecule has 0 spiro atoms. The Balaban J connectivity index is 1.97. The summed E-state index contributed by atoms with van der Waals surface area (Å²) < 4.78 is 5.47. The smallest absolute Gasteiger partial charge is 0.321 e. The molecule has 1 saturated heterocycles. The molecule has 1 aromatic carbocycles. The summed E-state index contributed by atoms with van der Waals surface area (Å²) in [5, 5.41) is 21.0. The number of para-hydroxylation sites is 1. The lowest BCUT2D eigenvalue weighted by Crippen LogP contribution is -2.33. The zero-order valence-electron chi connectivity index (χ0n) is 10.9. The maximum absolute atomic E-state index is 11.0. The number of rotatable bonds is 7. The quantitative estimate of drug-likeness (QED) is 0.436. The van der Waals surface area contributed by atoms with Gasteiger partial charge in [-0.25, -0.2) is 0 Å². The van der Waals surface area contributed by atoms with Crippen LogP contribution in [0.5, 0.6) is 5.75 Å². The van der Waals surface area contributed by atoms with Crippen molar-refractivity contribution in [3.8, 4) is 5.75 Å². The van der Waals surface area contributed by atoms with Gasteiger partial charge in [0, 0.05) is 11.3 Å². The van der Waals surface area contributed by atoms with Gasteiger partial charge in [0.15, 0.2) is 0 Å². The van der Waals surface area contributed by atoms with E-state index in [0.29, 0.717) is 11.5 Å². The Kier molecular flexibility index (Phi) is 5.23. The zero-order chi connectivity index (χ0) is 15.2. The molecule has 0 aromatic heterocycles. The SMILES string of the molecule is O=C(O)C1CSC(c2ccccc2OCCO[N+](=O)[O-])N1. The van der Waals surface area contributed by atoms with E-state index in [1.165, 1.54) is 11.8 Å². The van der Waals surface area contributed by atoms with Crippen molar-refractivity contribution in [2.24, 2.45) is 0 Å². The highest BCUT2D eigenvalue weighted by atomic mass is 32.2. The number of carboxylic acid groups (broad SMARTS) is 1. The highest BCUT2D eigenvalue weighted by Gasteiger charge is 2.31. The Labute approximate surface area is 124 Å². The van der Waals surface area contributed by atoms with Crippen LogP contribution in [0.25, 0.3) is 0 Å². The predicted molar refractivity (Wildman–Crippen MR) is 74.6 cm³/mol. The van der Waals surface area contributed by atoms with Crippen molar-refractivity contribution in [3.63, 3.8) is 0 Å². The summed E-state index contributed by atoms with van der Waals surface area (Å²) in [6.45, 7) is -0.123. The van der Waals surface area contributed by atoms with Crippen LogP contribution in [-0.4, -0.2) is 41.2 Å². The second kappa shape index (κ2) is 7.14. The van der Waals surface area contributed by atoms with Crippen LogP contribution in [0, 0.1) is 10.1 Å². The van der Waals surface area contributed by atoms with E-state index in [1.54, 1.807) is 12.1 Å². The van der Waals surface area contributed by atoms with Crippen molar-refractivity contribution in [2.75, 3.05) is 19.0 Å². The van der Waals surface area contributed by atoms with Gasteiger partial charge in [0.2, 0.25) is 0 Å². The van der Waals surface area contributed by atoms with E-state index in [-0.39, 0.29) is 18.6 Å². The molecular weight excluding hydrogens is 300 g/mol. The lowest BCUT2D eigenvalue weighted by atomic mass is 10.2. The van der Waals surface area contributed by atoms with Gasteiger partial charge in [-0.2, -0.15) is 0 Å². The van der Waals surface area contributed by atoms with Crippen molar-refractivity contribution < 1.29 is 24.6 Å². The second-order valence-electron chi connectivity index (χ2n) is 4.21. The van der Waals surface area contributed by atoms with Crippen LogP contribution in [0.15, 0.2) is 24.3 Å². The first-order valence-electron chi connectivity index (χ1n) is 6.17. The Morgan fingerprint density at radius 2 is 2.24 bits per heavy atom. The van der Waals surface area contributed by atoms with Crippen LogP contribution >= 0.6 is 11.8 Å². The molecule has 2 atom stereocenters. The van der Waals surface area contributed by atoms with Crippen molar-refractivity contribution in [1.82, 2.24) is 5.32 Å². The molecule has 0 amide bonds. The van der Waals surface area contributed by atoms with E-state index in [2.05, 4.69) is 10.2 Å². The van der Waals surface area contributed by atoms with Crippen LogP contribution in [0.4, 0.5) is 0 Å². The topological polar surface area (TPSA) is 111 Å². The van der Waals surface area contributed by atoms with Crippen molar-refractivity contribution >= 4 is 17.7 Å². The van der Waals surface area contributed by atoms with Crippen LogP contribution in [0.1, 0.15) is 10.9 Å². The average Bonchev–Trinajstić information content (AvgIpc) is 2.93. The number of carboxylic acids is 1. The summed E-state index contributed by atoms with van der Waals surface area (Å²) >= 11 is 1.48. The molecule has 1 aliphatic heterocycles. The summed E-state index contributed by atoms with van der Waals surface area (Å²) in [4.78, 5) is 25.2.